The van der Waals surface area contributed by atoms with Crippen molar-refractivity contribution in [2.24, 2.45) is 50.2 Å². The van der Waals surface area contributed by atoms with Gasteiger partial charge in [0.2, 0.25) is 0 Å². The van der Waals surface area contributed by atoms with Crippen molar-refractivity contribution in [1.29, 1.82) is 0 Å². The Morgan fingerprint density at radius 1 is 0.794 bits per heavy atom. The summed E-state index contributed by atoms with van der Waals surface area (Å²) in [6.07, 6.45) is 10.7. The number of aliphatic carboxylic acids is 1. The molecule has 0 unspecified atom stereocenters. The van der Waals surface area contributed by atoms with Gasteiger partial charge in [0.25, 0.3) is 0 Å². The van der Waals surface area contributed by atoms with E-state index < -0.39 is 11.4 Å². The first-order valence-electron chi connectivity index (χ1n) is 14.2. The van der Waals surface area contributed by atoms with Crippen LogP contribution in [-0.2, 0) is 9.53 Å². The molecule has 1 heterocycles. The molecule has 192 valence electrons. The predicted octanol–water partition coefficient (Wildman–Crippen LogP) is 6.44. The van der Waals surface area contributed by atoms with Gasteiger partial charge in [0.1, 0.15) is 5.60 Å². The highest BCUT2D eigenvalue weighted by Gasteiger charge is 2.81. The molecule has 0 radical (unpaired) electrons. The zero-order valence-corrected chi connectivity index (χ0v) is 22.7. The minimum absolute atomic E-state index is 0.143. The highest BCUT2D eigenvalue weighted by Crippen LogP contribution is 2.81. The molecule has 0 aromatic rings. The lowest BCUT2D eigenvalue weighted by atomic mass is 9.30. The number of epoxide rings is 1. The third kappa shape index (κ3) is 2.42. The van der Waals surface area contributed by atoms with Crippen molar-refractivity contribution >= 4 is 5.97 Å². The van der Waals surface area contributed by atoms with Crippen molar-refractivity contribution in [1.82, 2.24) is 0 Å². The molecule has 4 heteroatoms. The highest BCUT2D eigenvalue weighted by atomic mass is 16.6. The maximum absolute atomic E-state index is 12.3. The minimum atomic E-state index is -0.595. The Hall–Kier alpha value is -0.610. The van der Waals surface area contributed by atoms with Crippen LogP contribution in [0.3, 0.4) is 0 Å². The van der Waals surface area contributed by atoms with E-state index in [1.54, 1.807) is 0 Å². The molecule has 5 saturated carbocycles. The fourth-order valence-corrected chi connectivity index (χ4v) is 11.6. The first-order valence-corrected chi connectivity index (χ1v) is 14.2. The molecule has 2 N–H and O–H groups in total. The van der Waals surface area contributed by atoms with Gasteiger partial charge in [0.05, 0.1) is 17.6 Å². The average Bonchev–Trinajstić information content (AvgIpc) is 3.50. The van der Waals surface area contributed by atoms with Crippen LogP contribution in [0.1, 0.15) is 113 Å². The van der Waals surface area contributed by atoms with Crippen LogP contribution in [0.2, 0.25) is 0 Å². The molecular formula is C30H48O4. The summed E-state index contributed by atoms with van der Waals surface area (Å²) in [4.78, 5) is 12.3. The number of aliphatic hydroxyl groups excluding tert-OH is 1. The van der Waals surface area contributed by atoms with Crippen LogP contribution >= 0.6 is 0 Å². The molecule has 34 heavy (non-hydrogen) atoms. The fraction of sp³-hybridized carbons (Fsp3) is 0.967. The van der Waals surface area contributed by atoms with Crippen LogP contribution in [0.25, 0.3) is 0 Å². The topological polar surface area (TPSA) is 70.1 Å². The first kappa shape index (κ1) is 23.8. The molecule has 11 atom stereocenters. The van der Waals surface area contributed by atoms with E-state index in [2.05, 4.69) is 41.5 Å². The quantitative estimate of drug-likeness (QED) is 0.431. The zero-order valence-electron chi connectivity index (χ0n) is 22.7. The second-order valence-corrected chi connectivity index (χ2v) is 15.7. The van der Waals surface area contributed by atoms with Gasteiger partial charge in [-0.3, -0.25) is 4.79 Å². The number of rotatable bonds is 1. The summed E-state index contributed by atoms with van der Waals surface area (Å²) in [7, 11) is 0. The van der Waals surface area contributed by atoms with E-state index in [1.807, 2.05) is 6.92 Å². The van der Waals surface area contributed by atoms with Crippen LogP contribution in [0.15, 0.2) is 0 Å². The monoisotopic (exact) mass is 472 g/mol. The normalized spacial score (nSPS) is 61.7. The van der Waals surface area contributed by atoms with Crippen molar-refractivity contribution in [3.63, 3.8) is 0 Å². The molecule has 1 aliphatic heterocycles. The summed E-state index contributed by atoms with van der Waals surface area (Å²) < 4.78 is 6.72. The Kier molecular flexibility index (Phi) is 4.50. The van der Waals surface area contributed by atoms with Crippen LogP contribution in [0.5, 0.6) is 0 Å². The maximum atomic E-state index is 12.3. The first-order chi connectivity index (χ1) is 15.6. The summed E-state index contributed by atoms with van der Waals surface area (Å²) in [5, 5.41) is 21.1. The Morgan fingerprint density at radius 2 is 1.41 bits per heavy atom. The number of carbonyl (C=O) groups is 1. The molecule has 0 amide bonds. The zero-order chi connectivity index (χ0) is 24.7. The van der Waals surface area contributed by atoms with Crippen LogP contribution < -0.4 is 0 Å². The Bertz CT molecular complexity index is 929. The average molecular weight is 473 g/mol. The number of aliphatic hydroxyl groups is 1. The summed E-state index contributed by atoms with van der Waals surface area (Å²) >= 11 is 0. The van der Waals surface area contributed by atoms with Crippen molar-refractivity contribution in [3.8, 4) is 0 Å². The standard InChI is InChI=1S/C30H48O4/c1-24(2)21(31)9-8-18-27(5)13-15-29(7)20-17-26(4,23(32)33)11-10-25(20,3)12-14-28(29,6)19(27)16-22-30(18,24)34-22/h18-22,31H,8-17H2,1-7H3,(H,32,33)/t18-,19-,20-,21-,22-,25+,26+,27-,28+,29-,30-/m0/s1. The van der Waals surface area contributed by atoms with E-state index in [0.717, 1.165) is 38.5 Å². The third-order valence-corrected chi connectivity index (χ3v) is 14.4. The van der Waals surface area contributed by atoms with Gasteiger partial charge in [-0.25, -0.2) is 0 Å². The Morgan fingerprint density at radius 3 is 2.09 bits per heavy atom. The lowest BCUT2D eigenvalue weighted by Crippen LogP contribution is -2.69. The second-order valence-electron chi connectivity index (χ2n) is 15.7. The SMILES string of the molecule is CC1(C)[C@@H](O)CC[C@H]2[C@]3(C)CC[C@@]4(C)[C@H]5C[C@](C)(C(=O)O)CC[C@]5(C)CC[C@]4(C)[C@H]3C[C@@H]3O[C@]321. The molecule has 6 fully saturated rings. The van der Waals surface area contributed by atoms with Crippen LogP contribution in [0, 0.1) is 50.2 Å². The predicted molar refractivity (Wildman–Crippen MR) is 132 cm³/mol. The van der Waals surface area contributed by atoms with Gasteiger partial charge in [-0.1, -0.05) is 41.5 Å². The third-order valence-electron chi connectivity index (χ3n) is 14.4. The molecule has 0 bridgehead atoms. The van der Waals surface area contributed by atoms with E-state index in [0.29, 0.717) is 17.8 Å². The number of fused-ring (bicyclic) bond motifs is 6. The number of carboxylic acid groups (broad SMARTS) is 1. The van der Waals surface area contributed by atoms with Gasteiger partial charge in [-0.05, 0) is 111 Å². The van der Waals surface area contributed by atoms with E-state index in [1.165, 1.54) is 25.7 Å². The Labute approximate surface area is 206 Å². The lowest BCUT2D eigenvalue weighted by molar-refractivity contribution is -0.249. The van der Waals surface area contributed by atoms with Crippen molar-refractivity contribution in [3.05, 3.63) is 0 Å². The van der Waals surface area contributed by atoms with Gasteiger partial charge in [0.15, 0.2) is 0 Å². The number of hydrogen-bond acceptors (Lipinski definition) is 3. The number of ether oxygens (including phenoxy) is 1. The van der Waals surface area contributed by atoms with Gasteiger partial charge >= 0.3 is 5.97 Å². The Balaban J connectivity index is 1.41. The summed E-state index contributed by atoms with van der Waals surface area (Å²) in [6, 6.07) is 0. The van der Waals surface area contributed by atoms with Gasteiger partial charge < -0.3 is 14.9 Å². The number of carboxylic acids is 1. The summed E-state index contributed by atoms with van der Waals surface area (Å²) in [6.45, 7) is 16.7. The second kappa shape index (κ2) is 6.44. The summed E-state index contributed by atoms with van der Waals surface area (Å²) in [5.41, 5.74) is -0.0420. The lowest BCUT2D eigenvalue weighted by Gasteiger charge is -2.73. The van der Waals surface area contributed by atoms with Crippen LogP contribution in [0.4, 0.5) is 0 Å². The molecule has 4 nitrogen and oxygen atoms in total. The minimum Gasteiger partial charge on any atom is -0.481 e. The van der Waals surface area contributed by atoms with Crippen molar-refractivity contribution < 1.29 is 19.7 Å². The molecule has 5 aliphatic carbocycles. The highest BCUT2D eigenvalue weighted by molar-refractivity contribution is 5.74. The number of hydrogen-bond donors (Lipinski definition) is 2. The summed E-state index contributed by atoms with van der Waals surface area (Å²) in [5.74, 6) is 1.00. The molecule has 1 saturated heterocycles. The smallest absolute Gasteiger partial charge is 0.309 e. The van der Waals surface area contributed by atoms with E-state index in [-0.39, 0.29) is 44.9 Å². The molecule has 0 aromatic heterocycles. The molecule has 6 rings (SSSR count). The fourth-order valence-electron chi connectivity index (χ4n) is 11.6. The van der Waals surface area contributed by atoms with Gasteiger partial charge in [0, 0.05) is 5.41 Å². The molecule has 6 aliphatic rings. The van der Waals surface area contributed by atoms with E-state index in [9.17, 15) is 15.0 Å². The van der Waals surface area contributed by atoms with Crippen LogP contribution in [-0.4, -0.2) is 34.0 Å². The van der Waals surface area contributed by atoms with Crippen molar-refractivity contribution in [2.75, 3.05) is 0 Å². The van der Waals surface area contributed by atoms with Gasteiger partial charge in [-0.2, -0.15) is 0 Å². The van der Waals surface area contributed by atoms with Gasteiger partial charge in [-0.15, -0.1) is 0 Å². The molecule has 1 spiro atoms. The molecule has 0 aromatic carbocycles. The van der Waals surface area contributed by atoms with E-state index in [4.69, 9.17) is 4.74 Å². The molecular weight excluding hydrogens is 424 g/mol. The maximum Gasteiger partial charge on any atom is 0.309 e. The van der Waals surface area contributed by atoms with Crippen molar-refractivity contribution in [2.45, 2.75) is 130 Å². The van der Waals surface area contributed by atoms with E-state index >= 15 is 0 Å². The largest absolute Gasteiger partial charge is 0.481 e.